The summed E-state index contributed by atoms with van der Waals surface area (Å²) in [5.74, 6) is 0. The van der Waals surface area contributed by atoms with Crippen molar-refractivity contribution in [2.45, 2.75) is 57.3 Å². The Bertz CT molecular complexity index is 708. The van der Waals surface area contributed by atoms with E-state index < -0.39 is 0 Å². The van der Waals surface area contributed by atoms with Gasteiger partial charge in [-0.2, -0.15) is 0 Å². The van der Waals surface area contributed by atoms with Crippen LogP contribution in [0.2, 0.25) is 0 Å². The molecule has 1 heterocycles. The number of fused-ring (bicyclic) bond motifs is 2. The average molecular weight is 292 g/mol. The van der Waals surface area contributed by atoms with Gasteiger partial charge in [0.15, 0.2) is 6.20 Å². The zero-order chi connectivity index (χ0) is 15.2. The van der Waals surface area contributed by atoms with Crippen LogP contribution >= 0.6 is 0 Å². The molecule has 114 valence electrons. The Morgan fingerprint density at radius 3 is 2.55 bits per heavy atom. The van der Waals surface area contributed by atoms with Crippen LogP contribution in [0.15, 0.2) is 36.5 Å². The monoisotopic (exact) mass is 292 g/mol. The zero-order valence-electron chi connectivity index (χ0n) is 13.9. The molecule has 1 spiro atoms. The summed E-state index contributed by atoms with van der Waals surface area (Å²) in [6.45, 7) is 2.21. The van der Waals surface area contributed by atoms with Gasteiger partial charge in [0, 0.05) is 22.6 Å². The largest absolute Gasteiger partial charge is 0.212 e. The summed E-state index contributed by atoms with van der Waals surface area (Å²) in [6, 6.07) is 11.2. The quantitative estimate of drug-likeness (QED) is 0.674. The number of rotatable bonds is 1. The summed E-state index contributed by atoms with van der Waals surface area (Å²) in [5, 5.41) is 0. The van der Waals surface area contributed by atoms with Crippen LogP contribution in [-0.2, 0) is 18.9 Å². The van der Waals surface area contributed by atoms with Gasteiger partial charge in [0.25, 0.3) is 0 Å². The van der Waals surface area contributed by atoms with Crippen molar-refractivity contribution in [3.63, 3.8) is 0 Å². The van der Waals surface area contributed by atoms with Crippen LogP contribution in [0.1, 0.15) is 55.2 Å². The molecule has 0 amide bonds. The van der Waals surface area contributed by atoms with Crippen LogP contribution in [-0.4, -0.2) is 0 Å². The van der Waals surface area contributed by atoms with Gasteiger partial charge in [0.05, 0.1) is 0 Å². The molecule has 0 radical (unpaired) electrons. The molecular weight excluding hydrogens is 266 g/mol. The number of nitrogens with zero attached hydrogens (tertiary/aromatic N) is 1. The summed E-state index contributed by atoms with van der Waals surface area (Å²) >= 11 is 0. The first kappa shape index (κ1) is 14.0. The molecule has 0 bridgehead atoms. The fourth-order valence-electron chi connectivity index (χ4n) is 4.76. The summed E-state index contributed by atoms with van der Waals surface area (Å²) in [4.78, 5) is 0. The molecule has 0 aliphatic heterocycles. The van der Waals surface area contributed by atoms with Gasteiger partial charge in [-0.1, -0.05) is 37.5 Å². The average Bonchev–Trinajstić information content (AvgIpc) is 2.86. The zero-order valence-corrected chi connectivity index (χ0v) is 13.9. The van der Waals surface area contributed by atoms with Gasteiger partial charge in [-0.15, -0.1) is 0 Å². The van der Waals surface area contributed by atoms with E-state index in [1.54, 1.807) is 11.1 Å². The van der Waals surface area contributed by atoms with E-state index in [4.69, 9.17) is 0 Å². The molecule has 1 aromatic carbocycles. The lowest BCUT2D eigenvalue weighted by atomic mass is 9.70. The van der Waals surface area contributed by atoms with E-state index in [-0.39, 0.29) is 0 Å². The summed E-state index contributed by atoms with van der Waals surface area (Å²) in [5.41, 5.74) is 7.88. The smallest absolute Gasteiger partial charge is 0.201 e. The van der Waals surface area contributed by atoms with Gasteiger partial charge < -0.3 is 0 Å². The van der Waals surface area contributed by atoms with Crippen molar-refractivity contribution in [2.75, 3.05) is 0 Å². The van der Waals surface area contributed by atoms with Gasteiger partial charge in [0.2, 0.25) is 5.69 Å². The molecule has 2 aliphatic carbocycles. The second-order valence-electron chi connectivity index (χ2n) is 7.36. The molecule has 1 fully saturated rings. The number of hydrogen-bond donors (Lipinski definition) is 0. The lowest BCUT2D eigenvalue weighted by Gasteiger charge is -2.33. The highest BCUT2D eigenvalue weighted by molar-refractivity contribution is 5.62. The summed E-state index contributed by atoms with van der Waals surface area (Å²) in [6.07, 6.45) is 12.2. The molecular formula is C21H26N+. The van der Waals surface area contributed by atoms with Crippen LogP contribution in [0.25, 0.3) is 11.3 Å². The fourth-order valence-corrected chi connectivity index (χ4v) is 4.76. The summed E-state index contributed by atoms with van der Waals surface area (Å²) in [7, 11) is 2.22. The first-order chi connectivity index (χ1) is 10.7. The number of benzene rings is 1. The topological polar surface area (TPSA) is 3.88 Å². The fraction of sp³-hybridized carbons (Fsp3) is 0.476. The SMILES string of the molecule is Cc1ccccc1-c1cc2c(c[n+]1C)C1(CCCCC1)CC2. The van der Waals surface area contributed by atoms with E-state index in [0.717, 1.165) is 0 Å². The lowest BCUT2D eigenvalue weighted by Crippen LogP contribution is -2.35. The Labute approximate surface area is 134 Å². The van der Waals surface area contributed by atoms with Gasteiger partial charge in [-0.25, -0.2) is 4.57 Å². The van der Waals surface area contributed by atoms with E-state index in [2.05, 4.69) is 55.1 Å². The Balaban J connectivity index is 1.82. The molecule has 22 heavy (non-hydrogen) atoms. The molecule has 1 saturated carbocycles. The molecule has 2 aromatic rings. The lowest BCUT2D eigenvalue weighted by molar-refractivity contribution is -0.661. The molecule has 1 aromatic heterocycles. The van der Waals surface area contributed by atoms with Gasteiger partial charge in [0.1, 0.15) is 7.05 Å². The highest BCUT2D eigenvalue weighted by Crippen LogP contribution is 2.48. The van der Waals surface area contributed by atoms with Crippen LogP contribution in [0.5, 0.6) is 0 Å². The van der Waals surface area contributed by atoms with E-state index in [1.165, 1.54) is 61.8 Å². The Morgan fingerprint density at radius 1 is 1.00 bits per heavy atom. The second kappa shape index (κ2) is 5.22. The molecule has 0 atom stereocenters. The third kappa shape index (κ3) is 2.10. The number of aromatic nitrogens is 1. The first-order valence-corrected chi connectivity index (χ1v) is 8.79. The highest BCUT2D eigenvalue weighted by atomic mass is 14.9. The minimum absolute atomic E-state index is 0.510. The van der Waals surface area contributed by atoms with Gasteiger partial charge >= 0.3 is 0 Å². The van der Waals surface area contributed by atoms with E-state index in [0.29, 0.717) is 5.41 Å². The molecule has 0 unspecified atom stereocenters. The summed E-state index contributed by atoms with van der Waals surface area (Å²) < 4.78 is 2.36. The van der Waals surface area contributed by atoms with Crippen LogP contribution < -0.4 is 4.57 Å². The first-order valence-electron chi connectivity index (χ1n) is 8.79. The number of aryl methyl sites for hydroxylation is 3. The molecule has 1 nitrogen and oxygen atoms in total. The van der Waals surface area contributed by atoms with Crippen molar-refractivity contribution in [1.82, 2.24) is 0 Å². The minimum atomic E-state index is 0.510. The van der Waals surface area contributed by atoms with E-state index >= 15 is 0 Å². The maximum atomic E-state index is 2.47. The molecule has 0 N–H and O–H groups in total. The Morgan fingerprint density at radius 2 is 1.77 bits per heavy atom. The van der Waals surface area contributed by atoms with Crippen molar-refractivity contribution in [3.05, 3.63) is 53.2 Å². The van der Waals surface area contributed by atoms with Crippen molar-refractivity contribution < 1.29 is 4.57 Å². The predicted octanol–water partition coefficient (Wildman–Crippen LogP) is 4.63. The number of hydrogen-bond acceptors (Lipinski definition) is 0. The van der Waals surface area contributed by atoms with E-state index in [9.17, 15) is 0 Å². The molecule has 4 rings (SSSR count). The number of pyridine rings is 1. The Kier molecular flexibility index (Phi) is 3.32. The van der Waals surface area contributed by atoms with Crippen LogP contribution in [0, 0.1) is 6.92 Å². The highest BCUT2D eigenvalue weighted by Gasteiger charge is 2.41. The molecule has 0 saturated heterocycles. The molecule has 1 heteroatoms. The standard InChI is InChI=1S/C21H26N/c1-16-8-4-5-9-18(16)20-14-17-10-13-21(11-6-3-7-12-21)19(17)15-22(20)2/h4-5,8-9,14-15H,3,6-7,10-13H2,1-2H3/q+1. The third-order valence-corrected chi connectivity index (χ3v) is 6.04. The van der Waals surface area contributed by atoms with Crippen molar-refractivity contribution in [1.29, 1.82) is 0 Å². The van der Waals surface area contributed by atoms with Crippen molar-refractivity contribution in [3.8, 4) is 11.3 Å². The van der Waals surface area contributed by atoms with Crippen molar-refractivity contribution in [2.24, 2.45) is 7.05 Å². The van der Waals surface area contributed by atoms with Crippen LogP contribution in [0.4, 0.5) is 0 Å². The maximum Gasteiger partial charge on any atom is 0.212 e. The minimum Gasteiger partial charge on any atom is -0.201 e. The van der Waals surface area contributed by atoms with Gasteiger partial charge in [-0.3, -0.25) is 0 Å². The maximum absolute atomic E-state index is 2.47. The predicted molar refractivity (Wildman–Crippen MR) is 90.9 cm³/mol. The van der Waals surface area contributed by atoms with Crippen LogP contribution in [0.3, 0.4) is 0 Å². The van der Waals surface area contributed by atoms with E-state index in [1.807, 2.05) is 0 Å². The van der Waals surface area contributed by atoms with Gasteiger partial charge in [-0.05, 0) is 49.8 Å². The van der Waals surface area contributed by atoms with Crippen molar-refractivity contribution >= 4 is 0 Å². The Hall–Kier alpha value is -1.63. The normalized spacial score (nSPS) is 19.4. The third-order valence-electron chi connectivity index (χ3n) is 6.04. The molecule has 2 aliphatic rings. The second-order valence-corrected chi connectivity index (χ2v) is 7.36.